The summed E-state index contributed by atoms with van der Waals surface area (Å²) in [4.78, 5) is 4.63. The van der Waals surface area contributed by atoms with Gasteiger partial charge in [0.2, 0.25) is 5.88 Å². The Morgan fingerprint density at radius 1 is 1.30 bits per heavy atom. The predicted molar refractivity (Wildman–Crippen MR) is 82.0 cm³/mol. The fourth-order valence-electron chi connectivity index (χ4n) is 2.40. The minimum Gasteiger partial charge on any atom is -0.474 e. The molecule has 20 heavy (non-hydrogen) atoms. The molecule has 3 nitrogen and oxygen atoms in total. The summed E-state index contributed by atoms with van der Waals surface area (Å²) in [6.07, 6.45) is 3.97. The van der Waals surface area contributed by atoms with Gasteiger partial charge in [0.1, 0.15) is 6.10 Å². The molecule has 0 radical (unpaired) electrons. The zero-order valence-corrected chi connectivity index (χ0v) is 12.2. The van der Waals surface area contributed by atoms with E-state index in [0.717, 1.165) is 30.8 Å². The normalized spacial score (nSPS) is 15.6. The Balaban J connectivity index is 1.91. The second-order valence-corrected chi connectivity index (χ2v) is 5.84. The predicted octanol–water partition coefficient (Wildman–Crippen LogP) is 3.66. The van der Waals surface area contributed by atoms with E-state index in [1.807, 2.05) is 6.07 Å². The van der Waals surface area contributed by atoms with E-state index in [1.54, 1.807) is 0 Å². The summed E-state index contributed by atoms with van der Waals surface area (Å²) in [5.41, 5.74) is 2.28. The van der Waals surface area contributed by atoms with Crippen LogP contribution in [-0.2, 0) is 6.54 Å². The first-order chi connectivity index (χ1) is 9.72. The molecule has 3 rings (SSSR count). The van der Waals surface area contributed by atoms with Crippen molar-refractivity contribution in [2.75, 3.05) is 0 Å². The summed E-state index contributed by atoms with van der Waals surface area (Å²) in [7, 11) is 0. The third-order valence-corrected chi connectivity index (χ3v) is 3.82. The van der Waals surface area contributed by atoms with Gasteiger partial charge in [0.05, 0.1) is 5.52 Å². The molecule has 1 aromatic carbocycles. The molecule has 0 spiro atoms. The van der Waals surface area contributed by atoms with Crippen molar-refractivity contribution in [3.63, 3.8) is 0 Å². The van der Waals surface area contributed by atoms with Gasteiger partial charge in [-0.2, -0.15) is 0 Å². The fourth-order valence-corrected chi connectivity index (χ4v) is 2.40. The van der Waals surface area contributed by atoms with Crippen molar-refractivity contribution in [3.05, 3.63) is 35.9 Å². The average molecular weight is 270 g/mol. The first kappa shape index (κ1) is 13.4. The number of hydrogen-bond donors (Lipinski definition) is 1. The maximum Gasteiger partial charge on any atom is 0.214 e. The number of para-hydroxylation sites is 1. The number of aromatic nitrogens is 1. The summed E-state index contributed by atoms with van der Waals surface area (Å²) in [6.45, 7) is 5.17. The van der Waals surface area contributed by atoms with Gasteiger partial charge in [0.25, 0.3) is 0 Å². The zero-order valence-electron chi connectivity index (χ0n) is 12.2. The number of benzene rings is 1. The highest BCUT2D eigenvalue weighted by Crippen LogP contribution is 2.27. The minimum atomic E-state index is 0.370. The van der Waals surface area contributed by atoms with Crippen molar-refractivity contribution in [2.24, 2.45) is 0 Å². The number of rotatable bonds is 5. The van der Waals surface area contributed by atoms with Gasteiger partial charge in [-0.05, 0) is 30.9 Å². The SMILES string of the molecule is CC(C)NCc1cc(OC2CCC2)nc2ccccc12. The molecule has 1 aromatic heterocycles. The maximum absolute atomic E-state index is 5.97. The highest BCUT2D eigenvalue weighted by Gasteiger charge is 2.20. The quantitative estimate of drug-likeness (QED) is 0.900. The van der Waals surface area contributed by atoms with Crippen molar-refractivity contribution in [1.82, 2.24) is 10.3 Å². The van der Waals surface area contributed by atoms with Gasteiger partial charge in [0, 0.05) is 24.0 Å². The first-order valence-electron chi connectivity index (χ1n) is 7.51. The second kappa shape index (κ2) is 5.80. The molecule has 2 aromatic rings. The van der Waals surface area contributed by atoms with E-state index in [0.29, 0.717) is 12.1 Å². The lowest BCUT2D eigenvalue weighted by molar-refractivity contribution is 0.115. The van der Waals surface area contributed by atoms with E-state index < -0.39 is 0 Å². The van der Waals surface area contributed by atoms with Crippen LogP contribution in [-0.4, -0.2) is 17.1 Å². The molecule has 0 bridgehead atoms. The largest absolute Gasteiger partial charge is 0.474 e. The van der Waals surface area contributed by atoms with Crippen molar-refractivity contribution < 1.29 is 4.74 Å². The lowest BCUT2D eigenvalue weighted by Gasteiger charge is -2.26. The highest BCUT2D eigenvalue weighted by molar-refractivity contribution is 5.82. The molecule has 1 aliphatic carbocycles. The van der Waals surface area contributed by atoms with Crippen LogP contribution in [0.4, 0.5) is 0 Å². The summed E-state index contributed by atoms with van der Waals surface area (Å²) in [5, 5.41) is 4.69. The lowest BCUT2D eigenvalue weighted by atomic mass is 9.96. The van der Waals surface area contributed by atoms with Crippen molar-refractivity contribution in [2.45, 2.75) is 51.8 Å². The van der Waals surface area contributed by atoms with E-state index in [9.17, 15) is 0 Å². The third kappa shape index (κ3) is 2.93. The molecule has 1 N–H and O–H groups in total. The lowest BCUT2D eigenvalue weighted by Crippen LogP contribution is -2.25. The molecule has 106 valence electrons. The van der Waals surface area contributed by atoms with E-state index in [-0.39, 0.29) is 0 Å². The number of pyridine rings is 1. The highest BCUT2D eigenvalue weighted by atomic mass is 16.5. The number of fused-ring (bicyclic) bond motifs is 1. The van der Waals surface area contributed by atoms with Crippen LogP contribution in [0.15, 0.2) is 30.3 Å². The maximum atomic E-state index is 5.97. The van der Waals surface area contributed by atoms with Gasteiger partial charge >= 0.3 is 0 Å². The summed E-state index contributed by atoms with van der Waals surface area (Å²) < 4.78 is 5.97. The van der Waals surface area contributed by atoms with Crippen LogP contribution < -0.4 is 10.1 Å². The Hall–Kier alpha value is -1.61. The summed E-state index contributed by atoms with van der Waals surface area (Å²) >= 11 is 0. The van der Waals surface area contributed by atoms with Crippen LogP contribution in [0.1, 0.15) is 38.7 Å². The summed E-state index contributed by atoms with van der Waals surface area (Å²) in [5.74, 6) is 0.772. The van der Waals surface area contributed by atoms with Crippen LogP contribution in [0.5, 0.6) is 5.88 Å². The van der Waals surface area contributed by atoms with E-state index in [2.05, 4.69) is 48.4 Å². The van der Waals surface area contributed by atoms with Crippen LogP contribution in [0.3, 0.4) is 0 Å². The average Bonchev–Trinajstić information content (AvgIpc) is 2.40. The van der Waals surface area contributed by atoms with Crippen LogP contribution in [0.2, 0.25) is 0 Å². The molecule has 1 fully saturated rings. The van der Waals surface area contributed by atoms with Gasteiger partial charge in [-0.25, -0.2) is 4.98 Å². The molecule has 1 heterocycles. The van der Waals surface area contributed by atoms with Crippen LogP contribution >= 0.6 is 0 Å². The number of ether oxygens (including phenoxy) is 1. The summed E-state index contributed by atoms with van der Waals surface area (Å²) in [6, 6.07) is 10.8. The van der Waals surface area contributed by atoms with E-state index >= 15 is 0 Å². The van der Waals surface area contributed by atoms with Gasteiger partial charge in [-0.3, -0.25) is 0 Å². The van der Waals surface area contributed by atoms with Gasteiger partial charge in [-0.15, -0.1) is 0 Å². The molecular formula is C17H22N2O. The fraction of sp³-hybridized carbons (Fsp3) is 0.471. The molecule has 1 aliphatic rings. The van der Waals surface area contributed by atoms with E-state index in [1.165, 1.54) is 17.4 Å². The number of nitrogens with zero attached hydrogens (tertiary/aromatic N) is 1. The second-order valence-electron chi connectivity index (χ2n) is 5.84. The monoisotopic (exact) mass is 270 g/mol. The minimum absolute atomic E-state index is 0.370. The molecular weight excluding hydrogens is 248 g/mol. The topological polar surface area (TPSA) is 34.1 Å². The molecule has 1 saturated carbocycles. The van der Waals surface area contributed by atoms with Gasteiger partial charge in [0.15, 0.2) is 0 Å². The molecule has 0 aliphatic heterocycles. The zero-order chi connectivity index (χ0) is 13.9. The van der Waals surface area contributed by atoms with E-state index in [4.69, 9.17) is 4.74 Å². The Kier molecular flexibility index (Phi) is 3.88. The van der Waals surface area contributed by atoms with Gasteiger partial charge in [-0.1, -0.05) is 32.0 Å². The Labute approximate surface area is 120 Å². The number of hydrogen-bond acceptors (Lipinski definition) is 3. The molecule has 0 amide bonds. The number of nitrogens with one attached hydrogen (secondary N) is 1. The Morgan fingerprint density at radius 2 is 2.10 bits per heavy atom. The molecule has 0 unspecified atom stereocenters. The Bertz CT molecular complexity index is 591. The third-order valence-electron chi connectivity index (χ3n) is 3.82. The van der Waals surface area contributed by atoms with Crippen molar-refractivity contribution in [1.29, 1.82) is 0 Å². The standard InChI is InChI=1S/C17H22N2O/c1-12(2)18-11-13-10-17(20-14-6-5-7-14)19-16-9-4-3-8-15(13)16/h3-4,8-10,12,14,18H,5-7,11H2,1-2H3. The molecule has 3 heteroatoms. The van der Waals surface area contributed by atoms with Gasteiger partial charge < -0.3 is 10.1 Å². The van der Waals surface area contributed by atoms with Crippen LogP contribution in [0.25, 0.3) is 10.9 Å². The molecule has 0 atom stereocenters. The van der Waals surface area contributed by atoms with Crippen molar-refractivity contribution in [3.8, 4) is 5.88 Å². The first-order valence-corrected chi connectivity index (χ1v) is 7.51. The molecule has 0 saturated heterocycles. The van der Waals surface area contributed by atoms with Crippen LogP contribution in [0, 0.1) is 0 Å². The Morgan fingerprint density at radius 3 is 2.80 bits per heavy atom. The van der Waals surface area contributed by atoms with Crippen molar-refractivity contribution >= 4 is 10.9 Å². The smallest absolute Gasteiger partial charge is 0.214 e.